The summed E-state index contributed by atoms with van der Waals surface area (Å²) < 4.78 is 0. The first-order valence-corrected chi connectivity index (χ1v) is 10.6. The molecule has 3 amide bonds. The zero-order valence-electron chi connectivity index (χ0n) is 16.0. The second-order valence-electron chi connectivity index (χ2n) is 7.54. The first-order chi connectivity index (χ1) is 14.0. The third-order valence-corrected chi connectivity index (χ3v) is 6.49. The van der Waals surface area contributed by atoms with E-state index in [1.165, 1.54) is 11.1 Å². The molecule has 1 heterocycles. The summed E-state index contributed by atoms with van der Waals surface area (Å²) in [6, 6.07) is 11.5. The Balaban J connectivity index is 1.19. The number of carbonyl (C=O) groups is 2. The Morgan fingerprint density at radius 1 is 1.07 bits per heavy atom. The molecule has 1 unspecified atom stereocenters. The van der Waals surface area contributed by atoms with Gasteiger partial charge in [0.25, 0.3) is 0 Å². The van der Waals surface area contributed by atoms with Crippen LogP contribution in [0.5, 0.6) is 0 Å². The fourth-order valence-electron chi connectivity index (χ4n) is 4.10. The van der Waals surface area contributed by atoms with Crippen LogP contribution in [0.1, 0.15) is 47.6 Å². The zero-order chi connectivity index (χ0) is 20.4. The van der Waals surface area contributed by atoms with Crippen molar-refractivity contribution in [3.8, 4) is 0 Å². The third kappa shape index (κ3) is 4.36. The van der Waals surface area contributed by atoms with Gasteiger partial charge in [-0.3, -0.25) is 4.79 Å². The van der Waals surface area contributed by atoms with Crippen LogP contribution in [0.4, 0.5) is 4.79 Å². The SMILES string of the molecule is O=C(NCCCC(=O)N1Cc2ccccc2C1)NC1CCc2c1ccc(Cl)c2Cl. The van der Waals surface area contributed by atoms with Gasteiger partial charge >= 0.3 is 6.03 Å². The van der Waals surface area contributed by atoms with E-state index in [9.17, 15) is 9.59 Å². The number of fused-ring (bicyclic) bond motifs is 2. The van der Waals surface area contributed by atoms with Gasteiger partial charge in [-0.25, -0.2) is 4.79 Å². The molecule has 2 aromatic carbocycles. The van der Waals surface area contributed by atoms with Crippen molar-refractivity contribution in [3.05, 3.63) is 68.7 Å². The average Bonchev–Trinajstić information content (AvgIpc) is 3.32. The topological polar surface area (TPSA) is 61.4 Å². The van der Waals surface area contributed by atoms with Crippen LogP contribution in [-0.4, -0.2) is 23.4 Å². The molecule has 152 valence electrons. The molecule has 1 aliphatic carbocycles. The zero-order valence-corrected chi connectivity index (χ0v) is 17.5. The molecule has 2 aliphatic rings. The van der Waals surface area contributed by atoms with Crippen LogP contribution in [0.15, 0.2) is 36.4 Å². The molecular formula is C22H23Cl2N3O2. The van der Waals surface area contributed by atoms with E-state index >= 15 is 0 Å². The molecule has 7 heteroatoms. The minimum atomic E-state index is -0.227. The van der Waals surface area contributed by atoms with Crippen LogP contribution in [0, 0.1) is 0 Å². The van der Waals surface area contributed by atoms with Crippen molar-refractivity contribution >= 4 is 35.1 Å². The number of rotatable bonds is 5. The van der Waals surface area contributed by atoms with E-state index in [0.29, 0.717) is 42.5 Å². The van der Waals surface area contributed by atoms with Gasteiger partial charge in [0.2, 0.25) is 5.91 Å². The lowest BCUT2D eigenvalue weighted by Gasteiger charge is -2.17. The number of carbonyl (C=O) groups excluding carboxylic acids is 2. The van der Waals surface area contributed by atoms with Gasteiger partial charge in [0, 0.05) is 26.1 Å². The molecule has 0 saturated heterocycles. The number of halogens is 2. The van der Waals surface area contributed by atoms with Crippen LogP contribution in [0.3, 0.4) is 0 Å². The maximum absolute atomic E-state index is 12.4. The largest absolute Gasteiger partial charge is 0.338 e. The Morgan fingerprint density at radius 2 is 1.79 bits per heavy atom. The maximum atomic E-state index is 12.4. The van der Waals surface area contributed by atoms with Crippen molar-refractivity contribution in [1.82, 2.24) is 15.5 Å². The van der Waals surface area contributed by atoms with Crippen molar-refractivity contribution in [1.29, 1.82) is 0 Å². The summed E-state index contributed by atoms with van der Waals surface area (Å²) in [6.07, 6.45) is 2.64. The molecule has 2 N–H and O–H groups in total. The van der Waals surface area contributed by atoms with Gasteiger partial charge < -0.3 is 15.5 Å². The quantitative estimate of drug-likeness (QED) is 0.679. The number of benzene rings is 2. The fourth-order valence-corrected chi connectivity index (χ4v) is 4.54. The standard InChI is InChI=1S/C22H23Cl2N3O2/c23-18-9-7-16-17(21(18)24)8-10-19(16)26-22(29)25-11-3-6-20(28)27-12-14-4-1-2-5-15(14)13-27/h1-2,4-5,7,9,19H,3,6,8,10-13H2,(H2,25,26,29). The first kappa shape index (κ1) is 20.0. The molecule has 4 rings (SSSR count). The lowest BCUT2D eigenvalue weighted by atomic mass is 10.1. The van der Waals surface area contributed by atoms with E-state index < -0.39 is 0 Å². The molecule has 0 bridgehead atoms. The van der Waals surface area contributed by atoms with Gasteiger partial charge in [0.05, 0.1) is 16.1 Å². The summed E-state index contributed by atoms with van der Waals surface area (Å²) in [4.78, 5) is 26.5. The summed E-state index contributed by atoms with van der Waals surface area (Å²) in [5, 5.41) is 6.96. The molecule has 2 aromatic rings. The number of amides is 3. The molecule has 5 nitrogen and oxygen atoms in total. The van der Waals surface area contributed by atoms with Crippen LogP contribution in [0.25, 0.3) is 0 Å². The Hall–Kier alpha value is -2.24. The van der Waals surface area contributed by atoms with E-state index in [1.807, 2.05) is 23.1 Å². The second-order valence-corrected chi connectivity index (χ2v) is 8.33. The van der Waals surface area contributed by atoms with Crippen LogP contribution in [-0.2, 0) is 24.3 Å². The average molecular weight is 432 g/mol. The predicted molar refractivity (Wildman–Crippen MR) is 114 cm³/mol. The highest BCUT2D eigenvalue weighted by molar-refractivity contribution is 6.42. The normalized spacial score (nSPS) is 17.0. The minimum Gasteiger partial charge on any atom is -0.338 e. The first-order valence-electron chi connectivity index (χ1n) is 9.88. The summed E-state index contributed by atoms with van der Waals surface area (Å²) in [7, 11) is 0. The van der Waals surface area contributed by atoms with Crippen molar-refractivity contribution in [2.45, 2.75) is 44.8 Å². The van der Waals surface area contributed by atoms with Crippen LogP contribution in [0.2, 0.25) is 10.0 Å². The number of urea groups is 1. The number of nitrogens with one attached hydrogen (secondary N) is 2. The Bertz CT molecular complexity index is 923. The fraction of sp³-hybridized carbons (Fsp3) is 0.364. The highest BCUT2D eigenvalue weighted by Gasteiger charge is 2.27. The molecule has 29 heavy (non-hydrogen) atoms. The number of hydrogen-bond donors (Lipinski definition) is 2. The highest BCUT2D eigenvalue weighted by Crippen LogP contribution is 2.38. The molecular weight excluding hydrogens is 409 g/mol. The van der Waals surface area contributed by atoms with E-state index in [4.69, 9.17) is 23.2 Å². The summed E-state index contributed by atoms with van der Waals surface area (Å²) >= 11 is 12.3. The molecule has 0 radical (unpaired) electrons. The molecule has 0 fully saturated rings. The lowest BCUT2D eigenvalue weighted by Crippen LogP contribution is -2.38. The van der Waals surface area contributed by atoms with Gasteiger partial charge in [0.1, 0.15) is 0 Å². The second kappa shape index (κ2) is 8.64. The van der Waals surface area contributed by atoms with Crippen LogP contribution < -0.4 is 10.6 Å². The van der Waals surface area contributed by atoms with Crippen LogP contribution >= 0.6 is 23.2 Å². The van der Waals surface area contributed by atoms with Crippen molar-refractivity contribution in [2.24, 2.45) is 0 Å². The number of nitrogens with zero attached hydrogens (tertiary/aromatic N) is 1. The highest BCUT2D eigenvalue weighted by atomic mass is 35.5. The summed E-state index contributed by atoms with van der Waals surface area (Å²) in [5.41, 5.74) is 4.48. The number of hydrogen-bond acceptors (Lipinski definition) is 2. The van der Waals surface area contributed by atoms with Crippen molar-refractivity contribution < 1.29 is 9.59 Å². The summed E-state index contributed by atoms with van der Waals surface area (Å²) in [6.45, 7) is 1.81. The van der Waals surface area contributed by atoms with E-state index in [0.717, 1.165) is 24.0 Å². The molecule has 0 saturated carbocycles. The summed E-state index contributed by atoms with van der Waals surface area (Å²) in [5.74, 6) is 0.125. The van der Waals surface area contributed by atoms with Gasteiger partial charge in [-0.1, -0.05) is 53.5 Å². The smallest absolute Gasteiger partial charge is 0.315 e. The maximum Gasteiger partial charge on any atom is 0.315 e. The van der Waals surface area contributed by atoms with E-state index in [-0.39, 0.29) is 18.0 Å². The molecule has 0 aromatic heterocycles. The monoisotopic (exact) mass is 431 g/mol. The Kier molecular flexibility index (Phi) is 5.97. The van der Waals surface area contributed by atoms with Gasteiger partial charge in [0.15, 0.2) is 0 Å². The third-order valence-electron chi connectivity index (χ3n) is 5.64. The van der Waals surface area contributed by atoms with Gasteiger partial charge in [-0.2, -0.15) is 0 Å². The van der Waals surface area contributed by atoms with Gasteiger partial charge in [-0.05, 0) is 47.6 Å². The molecule has 0 spiro atoms. The minimum absolute atomic E-state index is 0.0653. The van der Waals surface area contributed by atoms with Crippen molar-refractivity contribution in [2.75, 3.05) is 6.54 Å². The Labute approximate surface area is 180 Å². The van der Waals surface area contributed by atoms with Crippen molar-refractivity contribution in [3.63, 3.8) is 0 Å². The Morgan fingerprint density at radius 3 is 2.52 bits per heavy atom. The van der Waals surface area contributed by atoms with E-state index in [1.54, 1.807) is 6.07 Å². The molecule has 1 aliphatic heterocycles. The van der Waals surface area contributed by atoms with E-state index in [2.05, 4.69) is 22.8 Å². The lowest BCUT2D eigenvalue weighted by molar-refractivity contribution is -0.131. The molecule has 1 atom stereocenters. The predicted octanol–water partition coefficient (Wildman–Crippen LogP) is 4.60. The van der Waals surface area contributed by atoms with Gasteiger partial charge in [-0.15, -0.1) is 0 Å².